The third-order valence-electron chi connectivity index (χ3n) is 10.2. The summed E-state index contributed by atoms with van der Waals surface area (Å²) in [5.74, 6) is -0.858. The number of nitrogens with zero attached hydrogens (tertiary/aromatic N) is 3. The number of carbonyl (C=O) groups excluding carboxylic acids is 3. The first-order valence-electron chi connectivity index (χ1n) is 17.4. The van der Waals surface area contributed by atoms with Crippen LogP contribution in [0.25, 0.3) is 22.3 Å². The van der Waals surface area contributed by atoms with E-state index in [4.69, 9.17) is 19.2 Å². The monoisotopic (exact) mass is 737 g/mol. The molecule has 3 fully saturated rings. The van der Waals surface area contributed by atoms with Crippen LogP contribution in [-0.4, -0.2) is 90.3 Å². The summed E-state index contributed by atoms with van der Waals surface area (Å²) in [6, 6.07) is 4.56. The zero-order valence-electron chi connectivity index (χ0n) is 29.1. The van der Waals surface area contributed by atoms with Crippen molar-refractivity contribution in [3.63, 3.8) is 0 Å². The van der Waals surface area contributed by atoms with Crippen molar-refractivity contribution in [1.29, 1.82) is 0 Å². The number of aryl methyl sites for hydroxylation is 2. The molecule has 5 atom stereocenters. The molecule has 3 aromatic rings. The third kappa shape index (κ3) is 7.07. The van der Waals surface area contributed by atoms with Gasteiger partial charge in [0.05, 0.1) is 40.8 Å². The predicted octanol–water partition coefficient (Wildman–Crippen LogP) is 3.96. The molecular weight excluding hydrogens is 695 g/mol. The fourth-order valence-corrected chi connectivity index (χ4v) is 8.99. The molecule has 0 bridgehead atoms. The van der Waals surface area contributed by atoms with Gasteiger partial charge < -0.3 is 24.4 Å². The van der Waals surface area contributed by atoms with Crippen LogP contribution in [0, 0.1) is 19.8 Å². The highest BCUT2D eigenvalue weighted by molar-refractivity contribution is 7.91. The molecule has 4 aliphatic rings. The number of amides is 3. The van der Waals surface area contributed by atoms with E-state index < -0.39 is 50.9 Å². The fourth-order valence-electron chi connectivity index (χ4n) is 7.02. The Balaban J connectivity index is 1.21. The summed E-state index contributed by atoms with van der Waals surface area (Å²) in [5.41, 5.74) is 1.38. The number of benzene rings is 1. The maximum absolute atomic E-state index is 14.2. The van der Waals surface area contributed by atoms with Gasteiger partial charge in [-0.15, -0.1) is 11.3 Å². The number of thiazole rings is 1. The second-order valence-corrected chi connectivity index (χ2v) is 16.9. The molecule has 2 aromatic heterocycles. The highest BCUT2D eigenvalue weighted by atomic mass is 32.2. The Morgan fingerprint density at radius 1 is 1.14 bits per heavy atom. The average molecular weight is 738 g/mol. The van der Waals surface area contributed by atoms with Crippen LogP contribution in [0.3, 0.4) is 0 Å². The molecule has 2 saturated carbocycles. The Labute approximate surface area is 301 Å². The van der Waals surface area contributed by atoms with E-state index in [-0.39, 0.29) is 31.2 Å². The van der Waals surface area contributed by atoms with E-state index in [2.05, 4.69) is 15.0 Å². The summed E-state index contributed by atoms with van der Waals surface area (Å²) in [4.78, 5) is 52.8. The van der Waals surface area contributed by atoms with Crippen LogP contribution in [0.4, 0.5) is 0 Å². The van der Waals surface area contributed by atoms with Gasteiger partial charge in [-0.2, -0.15) is 0 Å². The molecule has 3 amide bonds. The summed E-state index contributed by atoms with van der Waals surface area (Å²) in [6.45, 7) is 5.99. The second-order valence-electron chi connectivity index (χ2n) is 13.9. The SMILES string of the molecule is COc1ccc2c(O[C@@H]3C[C@H]4C(=O)N[C@]5(C(=O)NS(=O)(=O)C6CC6)C[C@H]5/C=C\CCCCO[C@H](C)C(=O)N4C3)cc(-c3csc(C)n3)nc2c1C. The average Bonchev–Trinajstić information content (AvgIpc) is 3.99. The smallest absolute Gasteiger partial charge is 0.259 e. The van der Waals surface area contributed by atoms with Crippen LogP contribution in [0.2, 0.25) is 0 Å². The molecule has 0 spiro atoms. The number of nitrogens with one attached hydrogen (secondary N) is 2. The lowest BCUT2D eigenvalue weighted by Crippen LogP contribution is -2.57. The molecule has 0 unspecified atom stereocenters. The molecule has 15 heteroatoms. The lowest BCUT2D eigenvalue weighted by Gasteiger charge is -2.28. The van der Waals surface area contributed by atoms with Crippen molar-refractivity contribution < 1.29 is 37.0 Å². The summed E-state index contributed by atoms with van der Waals surface area (Å²) in [7, 11) is -2.25. The van der Waals surface area contributed by atoms with Crippen molar-refractivity contribution in [2.24, 2.45) is 5.92 Å². The van der Waals surface area contributed by atoms with E-state index >= 15 is 0 Å². The number of rotatable bonds is 7. The van der Waals surface area contributed by atoms with Crippen LogP contribution in [0.1, 0.15) is 62.4 Å². The first-order chi connectivity index (χ1) is 24.4. The van der Waals surface area contributed by atoms with E-state index in [1.165, 1.54) is 16.2 Å². The molecule has 1 aromatic carbocycles. The highest BCUT2D eigenvalue weighted by Crippen LogP contribution is 2.46. The number of hydrogen-bond donors (Lipinski definition) is 2. The minimum absolute atomic E-state index is 0.0906. The summed E-state index contributed by atoms with van der Waals surface area (Å²) in [5, 5.41) is 5.87. The van der Waals surface area contributed by atoms with Gasteiger partial charge in [-0.05, 0) is 71.4 Å². The van der Waals surface area contributed by atoms with Gasteiger partial charge in [0, 0.05) is 41.3 Å². The first kappa shape index (κ1) is 35.3. The molecule has 2 N–H and O–H groups in total. The Hall–Kier alpha value is -4.08. The number of fused-ring (bicyclic) bond motifs is 3. The standard InChI is InChI=1S/C36H43N5O8S2/c1-20-30(47-4)13-12-26-31(16-27(38-32(20)26)28-19-50-22(3)37-28)49-24-15-29-33(42)39-36(35(44)40-51(45,46)25-10-11-25)17-23(36)9-7-5-6-8-14-48-21(2)34(43)41(29)18-24/h7,9,12-13,16,19,21,23-25,29H,5-6,8,10-11,14-15,17-18H2,1-4H3,(H,39,42)(H,40,44)/b9-7-/t21-,23-,24-,29+,36-/m1/s1. The molecule has 272 valence electrons. The van der Waals surface area contributed by atoms with Crippen LogP contribution >= 0.6 is 11.3 Å². The summed E-state index contributed by atoms with van der Waals surface area (Å²) in [6.07, 6.45) is 6.05. The fraction of sp³-hybridized carbons (Fsp3) is 0.528. The van der Waals surface area contributed by atoms with E-state index in [1.807, 2.05) is 49.6 Å². The van der Waals surface area contributed by atoms with Gasteiger partial charge in [-0.3, -0.25) is 19.1 Å². The van der Waals surface area contributed by atoms with Crippen molar-refractivity contribution in [2.45, 2.75) is 94.8 Å². The predicted molar refractivity (Wildman–Crippen MR) is 191 cm³/mol. The highest BCUT2D eigenvalue weighted by Gasteiger charge is 2.62. The van der Waals surface area contributed by atoms with E-state index in [0.29, 0.717) is 47.9 Å². The third-order valence-corrected chi connectivity index (χ3v) is 12.8. The molecule has 1 saturated heterocycles. The second kappa shape index (κ2) is 13.8. The first-order valence-corrected chi connectivity index (χ1v) is 19.9. The van der Waals surface area contributed by atoms with E-state index in [9.17, 15) is 22.8 Å². The van der Waals surface area contributed by atoms with Crippen molar-refractivity contribution in [2.75, 3.05) is 20.3 Å². The molecule has 7 rings (SSSR count). The largest absolute Gasteiger partial charge is 0.496 e. The van der Waals surface area contributed by atoms with Crippen LogP contribution < -0.4 is 19.5 Å². The molecule has 2 aliphatic carbocycles. The Morgan fingerprint density at radius 3 is 2.67 bits per heavy atom. The van der Waals surface area contributed by atoms with Gasteiger partial charge in [0.1, 0.15) is 35.3 Å². The molecule has 0 radical (unpaired) electrons. The number of pyridine rings is 1. The van der Waals surface area contributed by atoms with Gasteiger partial charge >= 0.3 is 0 Å². The van der Waals surface area contributed by atoms with E-state index in [1.54, 1.807) is 14.0 Å². The van der Waals surface area contributed by atoms with Crippen LogP contribution in [0.15, 0.2) is 35.7 Å². The zero-order chi connectivity index (χ0) is 36.1. The number of carbonyl (C=O) groups is 3. The van der Waals surface area contributed by atoms with Gasteiger partial charge in [0.25, 0.3) is 11.8 Å². The number of aromatic nitrogens is 2. The molecule has 51 heavy (non-hydrogen) atoms. The topological polar surface area (TPSA) is 166 Å². The van der Waals surface area contributed by atoms with Crippen molar-refractivity contribution in [3.8, 4) is 22.9 Å². The quantitative estimate of drug-likeness (QED) is 0.339. The summed E-state index contributed by atoms with van der Waals surface area (Å²) >= 11 is 1.51. The maximum Gasteiger partial charge on any atom is 0.259 e. The summed E-state index contributed by atoms with van der Waals surface area (Å²) < 4.78 is 46.0. The number of hydrogen-bond acceptors (Lipinski definition) is 11. The van der Waals surface area contributed by atoms with Crippen molar-refractivity contribution in [1.82, 2.24) is 24.9 Å². The van der Waals surface area contributed by atoms with Crippen LogP contribution in [-0.2, 0) is 29.1 Å². The van der Waals surface area contributed by atoms with E-state index in [0.717, 1.165) is 35.2 Å². The minimum Gasteiger partial charge on any atom is -0.496 e. The number of allylic oxidation sites excluding steroid dienone is 1. The molecule has 4 heterocycles. The lowest BCUT2D eigenvalue weighted by molar-refractivity contribution is -0.147. The number of methoxy groups -OCH3 is 1. The van der Waals surface area contributed by atoms with Gasteiger partial charge in [-0.25, -0.2) is 18.4 Å². The Morgan fingerprint density at radius 2 is 1.94 bits per heavy atom. The van der Waals surface area contributed by atoms with Gasteiger partial charge in [0.2, 0.25) is 15.9 Å². The lowest BCUT2D eigenvalue weighted by atomic mass is 10.1. The van der Waals surface area contributed by atoms with Gasteiger partial charge in [-0.1, -0.05) is 12.2 Å². The normalized spacial score (nSPS) is 27.8. The molecular formula is C36H43N5O8S2. The maximum atomic E-state index is 14.2. The van der Waals surface area contributed by atoms with Crippen molar-refractivity contribution in [3.05, 3.63) is 46.3 Å². The molecule has 2 aliphatic heterocycles. The van der Waals surface area contributed by atoms with Crippen LogP contribution in [0.5, 0.6) is 11.5 Å². The molecule has 13 nitrogen and oxygen atoms in total. The number of sulfonamides is 1. The number of ether oxygens (including phenoxy) is 3. The van der Waals surface area contributed by atoms with Gasteiger partial charge in [0.15, 0.2) is 0 Å². The Bertz CT molecular complexity index is 2010. The zero-order valence-corrected chi connectivity index (χ0v) is 30.8. The minimum atomic E-state index is -3.85. The van der Waals surface area contributed by atoms with Crippen molar-refractivity contribution >= 4 is 50.0 Å². The Kier molecular flexibility index (Phi) is 9.56.